The Balaban J connectivity index is 4.01. The summed E-state index contributed by atoms with van der Waals surface area (Å²) in [5.74, 6) is 0. The molecule has 5 heteroatoms. The van der Waals surface area contributed by atoms with Crippen LogP contribution in [0, 0.1) is 0 Å². The highest BCUT2D eigenvalue weighted by molar-refractivity contribution is 4.75. The predicted octanol–water partition coefficient (Wildman–Crippen LogP) is -1.90. The quantitative estimate of drug-likeness (QED) is 0.383. The average Bonchev–Trinajstić information content (AvgIpc) is 2.11. The van der Waals surface area contributed by atoms with Crippen LogP contribution in [0.3, 0.4) is 0 Å². The third-order valence-corrected chi connectivity index (χ3v) is 1.49. The Morgan fingerprint density at radius 1 is 1.08 bits per heavy atom. The molecule has 0 aliphatic carbocycles. The maximum Gasteiger partial charge on any atom is 0.114 e. The molecule has 4 N–H and O–H groups in total. The topological polar surface area (TPSA) is 90.2 Å². The fourth-order valence-electron chi connectivity index (χ4n) is 0.879. The van der Waals surface area contributed by atoms with E-state index in [1.165, 1.54) is 0 Å². The molecular weight excluding hydrogens is 164 g/mol. The molecule has 5 nitrogen and oxygen atoms in total. The summed E-state index contributed by atoms with van der Waals surface area (Å²) >= 11 is 0. The second-order valence-corrected chi connectivity index (χ2v) is 2.42. The Bertz CT molecular complexity index is 98.0. The van der Waals surface area contributed by atoms with E-state index in [9.17, 15) is 0 Å². The third kappa shape index (κ3) is 3.46. The summed E-state index contributed by atoms with van der Waals surface area (Å²) in [7, 11) is 0. The molecular formula is C7H16O5. The normalized spacial score (nSPS) is 18.8. The highest BCUT2D eigenvalue weighted by Gasteiger charge is 2.26. The second kappa shape index (κ2) is 6.33. The molecule has 0 aromatic heterocycles. The van der Waals surface area contributed by atoms with Crippen LogP contribution in [0.2, 0.25) is 0 Å². The zero-order chi connectivity index (χ0) is 9.56. The summed E-state index contributed by atoms with van der Waals surface area (Å²) in [4.78, 5) is 0. The van der Waals surface area contributed by atoms with Crippen LogP contribution in [0.4, 0.5) is 0 Å². The summed E-state index contributed by atoms with van der Waals surface area (Å²) in [5.41, 5.74) is 0. The minimum absolute atomic E-state index is 0.304. The Morgan fingerprint density at radius 3 is 1.75 bits per heavy atom. The molecule has 0 heterocycles. The number of hydrogen-bond donors (Lipinski definition) is 4. The Hall–Kier alpha value is -0.200. The zero-order valence-corrected chi connectivity index (χ0v) is 7.05. The van der Waals surface area contributed by atoms with Gasteiger partial charge in [-0.1, -0.05) is 0 Å². The van der Waals surface area contributed by atoms with Crippen molar-refractivity contribution in [2.24, 2.45) is 0 Å². The van der Waals surface area contributed by atoms with Crippen LogP contribution >= 0.6 is 0 Å². The highest BCUT2D eigenvalue weighted by atomic mass is 16.5. The van der Waals surface area contributed by atoms with Gasteiger partial charge in [-0.3, -0.25) is 0 Å². The monoisotopic (exact) mass is 180 g/mol. The van der Waals surface area contributed by atoms with Crippen molar-refractivity contribution >= 4 is 0 Å². The largest absolute Gasteiger partial charge is 0.394 e. The first kappa shape index (κ1) is 11.8. The standard InChI is InChI=1S/C7H16O5/c1-2-12-7(5(10)3-8)6(11)4-9/h5-11H,2-4H2,1H3. The highest BCUT2D eigenvalue weighted by Crippen LogP contribution is 2.04. The lowest BCUT2D eigenvalue weighted by Gasteiger charge is -2.24. The van der Waals surface area contributed by atoms with Gasteiger partial charge in [0.1, 0.15) is 18.3 Å². The Morgan fingerprint density at radius 2 is 1.50 bits per heavy atom. The van der Waals surface area contributed by atoms with Gasteiger partial charge in [0.05, 0.1) is 13.2 Å². The lowest BCUT2D eigenvalue weighted by molar-refractivity contribution is -0.120. The van der Waals surface area contributed by atoms with Gasteiger partial charge >= 0.3 is 0 Å². The van der Waals surface area contributed by atoms with E-state index < -0.39 is 31.5 Å². The van der Waals surface area contributed by atoms with E-state index in [0.717, 1.165) is 0 Å². The molecule has 0 aliphatic heterocycles. The van der Waals surface area contributed by atoms with Gasteiger partial charge in [-0.05, 0) is 6.92 Å². The molecule has 74 valence electrons. The van der Waals surface area contributed by atoms with Gasteiger partial charge in [0.15, 0.2) is 0 Å². The lowest BCUT2D eigenvalue weighted by Crippen LogP contribution is -2.43. The minimum Gasteiger partial charge on any atom is -0.394 e. The van der Waals surface area contributed by atoms with Gasteiger partial charge in [-0.2, -0.15) is 0 Å². The number of aliphatic hydroxyl groups is 4. The molecule has 0 saturated heterocycles. The SMILES string of the molecule is CCOC(C(O)CO)C(O)CO. The van der Waals surface area contributed by atoms with E-state index >= 15 is 0 Å². The maximum absolute atomic E-state index is 9.10. The van der Waals surface area contributed by atoms with Crippen molar-refractivity contribution in [1.82, 2.24) is 0 Å². The summed E-state index contributed by atoms with van der Waals surface area (Å²) in [6.07, 6.45) is -3.25. The zero-order valence-electron chi connectivity index (χ0n) is 7.05. The molecule has 2 unspecified atom stereocenters. The van der Waals surface area contributed by atoms with Crippen LogP contribution in [0.15, 0.2) is 0 Å². The van der Waals surface area contributed by atoms with Gasteiger partial charge in [-0.15, -0.1) is 0 Å². The summed E-state index contributed by atoms with van der Waals surface area (Å²) in [5, 5.41) is 35.3. The first-order valence-electron chi connectivity index (χ1n) is 3.86. The van der Waals surface area contributed by atoms with Gasteiger partial charge in [0.25, 0.3) is 0 Å². The molecule has 0 aromatic rings. The van der Waals surface area contributed by atoms with Crippen LogP contribution in [0.25, 0.3) is 0 Å². The van der Waals surface area contributed by atoms with E-state index in [4.69, 9.17) is 25.2 Å². The number of aliphatic hydroxyl groups excluding tert-OH is 4. The molecule has 2 atom stereocenters. The lowest BCUT2D eigenvalue weighted by atomic mass is 10.1. The van der Waals surface area contributed by atoms with E-state index in [0.29, 0.717) is 6.61 Å². The van der Waals surface area contributed by atoms with Crippen molar-refractivity contribution in [1.29, 1.82) is 0 Å². The van der Waals surface area contributed by atoms with Crippen LogP contribution in [-0.2, 0) is 4.74 Å². The molecule has 0 saturated carbocycles. The molecule has 0 fully saturated rings. The van der Waals surface area contributed by atoms with E-state index in [1.807, 2.05) is 0 Å². The first-order chi connectivity index (χ1) is 5.67. The maximum atomic E-state index is 9.10. The van der Waals surface area contributed by atoms with Crippen molar-refractivity contribution in [3.8, 4) is 0 Å². The molecule has 0 bridgehead atoms. The van der Waals surface area contributed by atoms with E-state index in [2.05, 4.69) is 0 Å². The summed E-state index contributed by atoms with van der Waals surface area (Å²) < 4.78 is 4.93. The summed E-state index contributed by atoms with van der Waals surface area (Å²) in [6.45, 7) is 1.00. The fourth-order valence-corrected chi connectivity index (χ4v) is 0.879. The van der Waals surface area contributed by atoms with Crippen molar-refractivity contribution in [2.45, 2.75) is 25.2 Å². The molecule has 12 heavy (non-hydrogen) atoms. The molecule has 0 spiro atoms. The molecule has 0 radical (unpaired) electrons. The smallest absolute Gasteiger partial charge is 0.114 e. The third-order valence-electron chi connectivity index (χ3n) is 1.49. The molecule has 0 aromatic carbocycles. The molecule has 0 amide bonds. The van der Waals surface area contributed by atoms with Crippen LogP contribution in [-0.4, -0.2) is 58.6 Å². The van der Waals surface area contributed by atoms with Crippen LogP contribution < -0.4 is 0 Å². The van der Waals surface area contributed by atoms with Gasteiger partial charge < -0.3 is 25.2 Å². The van der Waals surface area contributed by atoms with Crippen molar-refractivity contribution in [2.75, 3.05) is 19.8 Å². The Labute approximate surface area is 71.2 Å². The van der Waals surface area contributed by atoms with Crippen molar-refractivity contribution in [3.05, 3.63) is 0 Å². The second-order valence-electron chi connectivity index (χ2n) is 2.42. The van der Waals surface area contributed by atoms with Crippen LogP contribution in [0.1, 0.15) is 6.92 Å². The number of rotatable bonds is 6. The first-order valence-corrected chi connectivity index (χ1v) is 3.86. The van der Waals surface area contributed by atoms with Gasteiger partial charge in [0.2, 0.25) is 0 Å². The number of ether oxygens (including phenoxy) is 1. The van der Waals surface area contributed by atoms with Crippen LogP contribution in [0.5, 0.6) is 0 Å². The van der Waals surface area contributed by atoms with E-state index in [1.54, 1.807) is 6.92 Å². The molecule has 0 rings (SSSR count). The van der Waals surface area contributed by atoms with E-state index in [-0.39, 0.29) is 0 Å². The van der Waals surface area contributed by atoms with Crippen molar-refractivity contribution in [3.63, 3.8) is 0 Å². The van der Waals surface area contributed by atoms with Gasteiger partial charge in [-0.25, -0.2) is 0 Å². The van der Waals surface area contributed by atoms with Gasteiger partial charge in [0, 0.05) is 6.61 Å². The minimum atomic E-state index is -1.16. The fraction of sp³-hybridized carbons (Fsp3) is 1.00. The Kier molecular flexibility index (Phi) is 6.23. The number of hydrogen-bond acceptors (Lipinski definition) is 5. The average molecular weight is 180 g/mol. The summed E-state index contributed by atoms with van der Waals surface area (Å²) in [6, 6.07) is 0. The predicted molar refractivity (Wildman–Crippen MR) is 41.6 cm³/mol. The molecule has 0 aliphatic rings. The van der Waals surface area contributed by atoms with Crippen molar-refractivity contribution < 1.29 is 25.2 Å².